The minimum atomic E-state index is -4.58. The first-order chi connectivity index (χ1) is 11.7. The number of nitrogens with zero attached hydrogens (tertiary/aromatic N) is 1. The molecule has 2 aromatic rings. The molecule has 1 aliphatic heterocycles. The number of nitrogen functional groups attached to an aromatic ring is 1. The van der Waals surface area contributed by atoms with E-state index < -0.39 is 23.1 Å². The second-order valence-corrected chi connectivity index (χ2v) is 6.61. The van der Waals surface area contributed by atoms with Gasteiger partial charge in [-0.25, -0.2) is 4.98 Å². The first-order valence-corrected chi connectivity index (χ1v) is 8.00. The zero-order valence-corrected chi connectivity index (χ0v) is 14.3. The van der Waals surface area contributed by atoms with Gasteiger partial charge in [-0.15, -0.1) is 0 Å². The lowest BCUT2D eigenvalue weighted by atomic mass is 9.77. The molecule has 0 radical (unpaired) electrons. The summed E-state index contributed by atoms with van der Waals surface area (Å²) in [5.41, 5.74) is 4.18. The summed E-state index contributed by atoms with van der Waals surface area (Å²) in [5.74, 6) is -0.679. The number of benzene rings is 1. The van der Waals surface area contributed by atoms with Crippen molar-refractivity contribution < 1.29 is 22.7 Å². The van der Waals surface area contributed by atoms with Gasteiger partial charge in [0.1, 0.15) is 11.2 Å². The number of anilines is 2. The fraction of sp³-hybridized carbons (Fsp3) is 0.250. The highest BCUT2D eigenvalue weighted by Crippen LogP contribution is 2.36. The molecule has 0 unspecified atom stereocenters. The molecule has 3 rings (SSSR count). The van der Waals surface area contributed by atoms with Gasteiger partial charge in [-0.1, -0.05) is 28.1 Å². The van der Waals surface area contributed by atoms with Crippen molar-refractivity contribution in [1.29, 1.82) is 0 Å². The quantitative estimate of drug-likeness (QED) is 0.805. The zero-order chi connectivity index (χ0) is 18.2. The van der Waals surface area contributed by atoms with E-state index in [9.17, 15) is 18.0 Å². The zero-order valence-electron chi connectivity index (χ0n) is 12.7. The molecule has 9 heteroatoms. The maximum absolute atomic E-state index is 12.8. The molecule has 1 saturated heterocycles. The van der Waals surface area contributed by atoms with Crippen LogP contribution < -0.4 is 11.1 Å². The van der Waals surface area contributed by atoms with Gasteiger partial charge in [0.15, 0.2) is 0 Å². The lowest BCUT2D eigenvalue weighted by molar-refractivity contribution is -0.140. The largest absolute Gasteiger partial charge is 0.417 e. The van der Waals surface area contributed by atoms with Crippen molar-refractivity contribution in [2.45, 2.75) is 11.6 Å². The van der Waals surface area contributed by atoms with Crippen LogP contribution in [0.3, 0.4) is 0 Å². The topological polar surface area (TPSA) is 77.2 Å². The molecule has 3 N–H and O–H groups in total. The number of carbonyl (C=O) groups excluding carboxylic acids is 1. The standard InChI is InChI=1S/C16H13BrF3N3O2/c17-11-3-1-9(2-4-11)15(7-25-8-15)14(24)23-12-5-10(16(18,19)20)6-22-13(12)21/h1-6H,7-8H2,(H2,21,22)(H,23,24). The number of hydrogen-bond donors (Lipinski definition) is 2. The summed E-state index contributed by atoms with van der Waals surface area (Å²) in [4.78, 5) is 16.3. The highest BCUT2D eigenvalue weighted by atomic mass is 79.9. The van der Waals surface area contributed by atoms with Gasteiger partial charge in [-0.2, -0.15) is 13.2 Å². The molecule has 1 aromatic carbocycles. The number of ether oxygens (including phenoxy) is 1. The van der Waals surface area contributed by atoms with Gasteiger partial charge in [-0.3, -0.25) is 4.79 Å². The number of nitrogens with one attached hydrogen (secondary N) is 1. The normalized spacial score (nSPS) is 16.2. The number of pyridine rings is 1. The molecule has 1 amide bonds. The first kappa shape index (κ1) is 17.7. The Balaban J connectivity index is 1.90. The maximum Gasteiger partial charge on any atom is 0.417 e. The molecule has 0 aliphatic carbocycles. The van der Waals surface area contributed by atoms with Crippen LogP contribution in [-0.4, -0.2) is 24.1 Å². The van der Waals surface area contributed by atoms with Crippen molar-refractivity contribution in [2.24, 2.45) is 0 Å². The fourth-order valence-electron chi connectivity index (χ4n) is 2.48. The third-order valence-corrected chi connectivity index (χ3v) is 4.55. The number of rotatable bonds is 3. The van der Waals surface area contributed by atoms with Gasteiger partial charge in [0.05, 0.1) is 24.5 Å². The molecule has 1 aromatic heterocycles. The average molecular weight is 416 g/mol. The highest BCUT2D eigenvalue weighted by molar-refractivity contribution is 9.10. The SMILES string of the molecule is Nc1ncc(C(F)(F)F)cc1NC(=O)C1(c2ccc(Br)cc2)COC1. The van der Waals surface area contributed by atoms with Gasteiger partial charge in [0.2, 0.25) is 5.91 Å². The number of hydrogen-bond acceptors (Lipinski definition) is 4. The molecule has 2 heterocycles. The van der Waals surface area contributed by atoms with Gasteiger partial charge >= 0.3 is 6.18 Å². The van der Waals surface area contributed by atoms with E-state index in [1.54, 1.807) is 24.3 Å². The monoisotopic (exact) mass is 415 g/mol. The van der Waals surface area contributed by atoms with Gasteiger partial charge in [0.25, 0.3) is 0 Å². The molecule has 1 aliphatic rings. The summed E-state index contributed by atoms with van der Waals surface area (Å²) in [5, 5.41) is 2.46. The molecule has 0 bridgehead atoms. The summed E-state index contributed by atoms with van der Waals surface area (Å²) in [6.45, 7) is 0.263. The number of amides is 1. The van der Waals surface area contributed by atoms with Crippen molar-refractivity contribution in [2.75, 3.05) is 24.3 Å². The van der Waals surface area contributed by atoms with Gasteiger partial charge < -0.3 is 15.8 Å². The molecule has 0 saturated carbocycles. The smallest absolute Gasteiger partial charge is 0.382 e. The highest BCUT2D eigenvalue weighted by Gasteiger charge is 2.47. The maximum atomic E-state index is 12.8. The first-order valence-electron chi connectivity index (χ1n) is 7.20. The van der Waals surface area contributed by atoms with Crippen LogP contribution in [-0.2, 0) is 21.1 Å². The molecule has 0 spiro atoms. The van der Waals surface area contributed by atoms with Crippen LogP contribution in [0.5, 0.6) is 0 Å². The van der Waals surface area contributed by atoms with Gasteiger partial charge in [-0.05, 0) is 23.8 Å². The summed E-state index contributed by atoms with van der Waals surface area (Å²) in [6, 6.07) is 7.86. The Morgan fingerprint density at radius 1 is 1.28 bits per heavy atom. The molecule has 5 nitrogen and oxygen atoms in total. The molecule has 25 heavy (non-hydrogen) atoms. The van der Waals surface area contributed by atoms with Crippen LogP contribution in [0.1, 0.15) is 11.1 Å². The average Bonchev–Trinajstić information content (AvgIpc) is 2.49. The van der Waals surface area contributed by atoms with Crippen LogP contribution in [0.2, 0.25) is 0 Å². The summed E-state index contributed by atoms with van der Waals surface area (Å²) >= 11 is 3.32. The third kappa shape index (κ3) is 3.34. The summed E-state index contributed by atoms with van der Waals surface area (Å²) < 4.78 is 44.5. The van der Waals surface area contributed by atoms with Crippen molar-refractivity contribution in [1.82, 2.24) is 4.98 Å². The Hall–Kier alpha value is -2.13. The second kappa shape index (κ2) is 6.30. The van der Waals surface area contributed by atoms with Crippen LogP contribution in [0, 0.1) is 0 Å². The molecular weight excluding hydrogens is 403 g/mol. The predicted octanol–water partition coefficient (Wildman–Crippen LogP) is 3.35. The van der Waals surface area contributed by atoms with E-state index in [1.165, 1.54) is 0 Å². The molecule has 0 atom stereocenters. The van der Waals surface area contributed by atoms with Crippen LogP contribution in [0.25, 0.3) is 0 Å². The minimum absolute atomic E-state index is 0.132. The lowest BCUT2D eigenvalue weighted by Gasteiger charge is -2.40. The van der Waals surface area contributed by atoms with E-state index in [0.29, 0.717) is 11.8 Å². The van der Waals surface area contributed by atoms with E-state index in [0.717, 1.165) is 10.5 Å². The lowest BCUT2D eigenvalue weighted by Crippen LogP contribution is -2.55. The number of aromatic nitrogens is 1. The number of alkyl halides is 3. The predicted molar refractivity (Wildman–Crippen MR) is 88.9 cm³/mol. The van der Waals surface area contributed by atoms with E-state index in [1.807, 2.05) is 0 Å². The van der Waals surface area contributed by atoms with E-state index >= 15 is 0 Å². The second-order valence-electron chi connectivity index (χ2n) is 5.69. The molecule has 1 fully saturated rings. The van der Waals surface area contributed by atoms with Crippen LogP contribution >= 0.6 is 15.9 Å². The Bertz CT molecular complexity index is 805. The Kier molecular flexibility index (Phi) is 4.46. The van der Waals surface area contributed by atoms with Crippen LogP contribution in [0.15, 0.2) is 41.0 Å². The van der Waals surface area contributed by atoms with Gasteiger partial charge in [0, 0.05) is 10.7 Å². The number of carbonyl (C=O) groups is 1. The van der Waals surface area contributed by atoms with Crippen molar-refractivity contribution in [3.8, 4) is 0 Å². The van der Waals surface area contributed by atoms with Crippen LogP contribution in [0.4, 0.5) is 24.7 Å². The fourth-order valence-corrected chi connectivity index (χ4v) is 2.74. The summed E-state index contributed by atoms with van der Waals surface area (Å²) in [6.07, 6.45) is -3.95. The third-order valence-electron chi connectivity index (χ3n) is 4.02. The molecule has 132 valence electrons. The van der Waals surface area contributed by atoms with Crippen molar-refractivity contribution in [3.63, 3.8) is 0 Å². The molecular formula is C16H13BrF3N3O2. The minimum Gasteiger partial charge on any atom is -0.382 e. The van der Waals surface area contributed by atoms with E-state index in [2.05, 4.69) is 26.2 Å². The Morgan fingerprint density at radius 3 is 2.44 bits per heavy atom. The van der Waals surface area contributed by atoms with E-state index in [-0.39, 0.29) is 24.7 Å². The number of nitrogens with two attached hydrogens (primary N) is 1. The van der Waals surface area contributed by atoms with E-state index in [4.69, 9.17) is 10.5 Å². The van der Waals surface area contributed by atoms with Crippen molar-refractivity contribution >= 4 is 33.3 Å². The summed E-state index contributed by atoms with van der Waals surface area (Å²) in [7, 11) is 0. The van der Waals surface area contributed by atoms with Crippen molar-refractivity contribution in [3.05, 3.63) is 52.1 Å². The Morgan fingerprint density at radius 2 is 1.92 bits per heavy atom. The number of halogens is 4. The Labute approximate surface area is 149 Å².